The molecule has 1 atom stereocenters. The molecular formula is C18H20BrNO3. The van der Waals surface area contributed by atoms with Gasteiger partial charge >= 0.3 is 0 Å². The molecule has 0 bridgehead atoms. The topological polar surface area (TPSA) is 47.6 Å². The minimum atomic E-state index is -0.146. The SMILES string of the molecule is CCC(NC(=O)COc1cccc(Br)c1)c1ccc(OC)cc1. The van der Waals surface area contributed by atoms with Crippen LogP contribution in [0.3, 0.4) is 0 Å². The third-order valence-electron chi connectivity index (χ3n) is 3.43. The molecule has 4 nitrogen and oxygen atoms in total. The Kier molecular flexibility index (Phi) is 6.47. The summed E-state index contributed by atoms with van der Waals surface area (Å²) in [6.07, 6.45) is 0.801. The van der Waals surface area contributed by atoms with Gasteiger partial charge in [0.1, 0.15) is 11.5 Å². The molecule has 0 aliphatic rings. The average molecular weight is 378 g/mol. The molecule has 0 fully saturated rings. The molecule has 2 rings (SSSR count). The summed E-state index contributed by atoms with van der Waals surface area (Å²) in [5.41, 5.74) is 1.05. The third-order valence-corrected chi connectivity index (χ3v) is 3.92. The maximum atomic E-state index is 12.1. The summed E-state index contributed by atoms with van der Waals surface area (Å²) in [6, 6.07) is 15.1. The standard InChI is InChI=1S/C18H20BrNO3/c1-3-17(13-7-9-15(22-2)10-8-13)20-18(21)12-23-16-6-4-5-14(19)11-16/h4-11,17H,3,12H2,1-2H3,(H,20,21). The van der Waals surface area contributed by atoms with Crippen LogP contribution in [0, 0.1) is 0 Å². The predicted octanol–water partition coefficient (Wildman–Crippen LogP) is 4.10. The molecule has 0 heterocycles. The van der Waals surface area contributed by atoms with Crippen LogP contribution in [0.4, 0.5) is 0 Å². The molecule has 0 saturated heterocycles. The van der Waals surface area contributed by atoms with Crippen LogP contribution >= 0.6 is 15.9 Å². The van der Waals surface area contributed by atoms with Gasteiger partial charge in [0, 0.05) is 4.47 Å². The Labute approximate surface area is 144 Å². The minimum Gasteiger partial charge on any atom is -0.497 e. The van der Waals surface area contributed by atoms with Crippen LogP contribution in [0.2, 0.25) is 0 Å². The molecule has 1 unspecified atom stereocenters. The normalized spacial score (nSPS) is 11.6. The van der Waals surface area contributed by atoms with Gasteiger partial charge in [-0.3, -0.25) is 4.79 Å². The second-order valence-corrected chi connectivity index (χ2v) is 5.96. The molecule has 0 aliphatic heterocycles. The Morgan fingerprint density at radius 3 is 2.52 bits per heavy atom. The van der Waals surface area contributed by atoms with Gasteiger partial charge in [-0.15, -0.1) is 0 Å². The van der Waals surface area contributed by atoms with E-state index in [-0.39, 0.29) is 18.6 Å². The van der Waals surface area contributed by atoms with Crippen LogP contribution in [-0.2, 0) is 4.79 Å². The van der Waals surface area contributed by atoms with E-state index in [0.717, 1.165) is 22.2 Å². The second kappa shape index (κ2) is 8.58. The molecule has 0 spiro atoms. The van der Waals surface area contributed by atoms with Crippen molar-refractivity contribution in [3.63, 3.8) is 0 Å². The first kappa shape index (κ1) is 17.3. The summed E-state index contributed by atoms with van der Waals surface area (Å²) in [6.45, 7) is 2.02. The summed E-state index contributed by atoms with van der Waals surface area (Å²) >= 11 is 3.37. The number of methoxy groups -OCH3 is 1. The van der Waals surface area contributed by atoms with E-state index in [1.807, 2.05) is 55.5 Å². The highest BCUT2D eigenvalue weighted by Crippen LogP contribution is 2.20. The van der Waals surface area contributed by atoms with Crippen LogP contribution < -0.4 is 14.8 Å². The van der Waals surface area contributed by atoms with E-state index in [0.29, 0.717) is 5.75 Å². The van der Waals surface area contributed by atoms with Crippen molar-refractivity contribution in [2.45, 2.75) is 19.4 Å². The van der Waals surface area contributed by atoms with Gasteiger partial charge in [-0.1, -0.05) is 41.1 Å². The fourth-order valence-electron chi connectivity index (χ4n) is 2.20. The van der Waals surface area contributed by atoms with Crippen LogP contribution in [0.1, 0.15) is 24.9 Å². The Hall–Kier alpha value is -2.01. The van der Waals surface area contributed by atoms with Crippen molar-refractivity contribution in [2.24, 2.45) is 0 Å². The molecule has 1 amide bonds. The van der Waals surface area contributed by atoms with Crippen molar-refractivity contribution in [2.75, 3.05) is 13.7 Å². The van der Waals surface area contributed by atoms with Crippen molar-refractivity contribution < 1.29 is 14.3 Å². The van der Waals surface area contributed by atoms with E-state index in [9.17, 15) is 4.79 Å². The average Bonchev–Trinajstić information content (AvgIpc) is 2.58. The zero-order chi connectivity index (χ0) is 16.7. The fourth-order valence-corrected chi connectivity index (χ4v) is 2.58. The molecule has 2 aromatic rings. The van der Waals surface area contributed by atoms with Crippen LogP contribution in [0.15, 0.2) is 53.0 Å². The fraction of sp³-hybridized carbons (Fsp3) is 0.278. The first-order valence-electron chi connectivity index (χ1n) is 7.44. The number of benzene rings is 2. The second-order valence-electron chi connectivity index (χ2n) is 5.05. The molecule has 0 saturated carbocycles. The maximum absolute atomic E-state index is 12.1. The van der Waals surface area contributed by atoms with E-state index in [2.05, 4.69) is 21.2 Å². The van der Waals surface area contributed by atoms with Crippen molar-refractivity contribution in [1.82, 2.24) is 5.32 Å². The summed E-state index contributed by atoms with van der Waals surface area (Å²) in [5.74, 6) is 1.31. The lowest BCUT2D eigenvalue weighted by molar-refractivity contribution is -0.123. The molecular weight excluding hydrogens is 358 g/mol. The summed E-state index contributed by atoms with van der Waals surface area (Å²) in [7, 11) is 1.63. The first-order valence-corrected chi connectivity index (χ1v) is 8.23. The number of rotatable bonds is 7. The van der Waals surface area contributed by atoms with Gasteiger partial charge in [-0.2, -0.15) is 0 Å². The van der Waals surface area contributed by atoms with Gasteiger partial charge in [-0.25, -0.2) is 0 Å². The Balaban J connectivity index is 1.91. The predicted molar refractivity (Wildman–Crippen MR) is 93.8 cm³/mol. The van der Waals surface area contributed by atoms with Crippen LogP contribution in [0.25, 0.3) is 0 Å². The number of ether oxygens (including phenoxy) is 2. The van der Waals surface area contributed by atoms with Crippen molar-refractivity contribution in [3.05, 3.63) is 58.6 Å². The quantitative estimate of drug-likeness (QED) is 0.789. The molecule has 23 heavy (non-hydrogen) atoms. The summed E-state index contributed by atoms with van der Waals surface area (Å²) < 4.78 is 11.6. The van der Waals surface area contributed by atoms with Crippen molar-refractivity contribution in [3.8, 4) is 11.5 Å². The zero-order valence-corrected chi connectivity index (χ0v) is 14.8. The van der Waals surface area contributed by atoms with Crippen LogP contribution in [0.5, 0.6) is 11.5 Å². The lowest BCUT2D eigenvalue weighted by atomic mass is 10.0. The number of carbonyl (C=O) groups excluding carboxylic acids is 1. The molecule has 0 aliphatic carbocycles. The number of hydrogen-bond donors (Lipinski definition) is 1. The molecule has 2 aromatic carbocycles. The zero-order valence-electron chi connectivity index (χ0n) is 13.2. The molecule has 0 aromatic heterocycles. The third kappa shape index (κ3) is 5.28. The summed E-state index contributed by atoms with van der Waals surface area (Å²) in [4.78, 5) is 12.1. The largest absolute Gasteiger partial charge is 0.497 e. The molecule has 0 radical (unpaired) electrons. The minimum absolute atomic E-state index is 0.0108. The van der Waals surface area contributed by atoms with E-state index in [1.165, 1.54) is 0 Å². The molecule has 122 valence electrons. The molecule has 1 N–H and O–H groups in total. The first-order chi connectivity index (χ1) is 11.1. The number of hydrogen-bond acceptors (Lipinski definition) is 3. The van der Waals surface area contributed by atoms with Gasteiger partial charge in [0.25, 0.3) is 5.91 Å². The lowest BCUT2D eigenvalue weighted by Crippen LogP contribution is -2.32. The van der Waals surface area contributed by atoms with Gasteiger partial charge in [-0.05, 0) is 42.3 Å². The van der Waals surface area contributed by atoms with Crippen molar-refractivity contribution in [1.29, 1.82) is 0 Å². The van der Waals surface area contributed by atoms with Gasteiger partial charge in [0.05, 0.1) is 13.2 Å². The number of amides is 1. The monoisotopic (exact) mass is 377 g/mol. The van der Waals surface area contributed by atoms with E-state index < -0.39 is 0 Å². The van der Waals surface area contributed by atoms with E-state index >= 15 is 0 Å². The number of carbonyl (C=O) groups is 1. The Bertz CT molecular complexity index is 643. The Morgan fingerprint density at radius 1 is 1.17 bits per heavy atom. The summed E-state index contributed by atoms with van der Waals surface area (Å²) in [5, 5.41) is 2.99. The van der Waals surface area contributed by atoms with Crippen LogP contribution in [-0.4, -0.2) is 19.6 Å². The van der Waals surface area contributed by atoms with E-state index in [4.69, 9.17) is 9.47 Å². The highest BCUT2D eigenvalue weighted by molar-refractivity contribution is 9.10. The lowest BCUT2D eigenvalue weighted by Gasteiger charge is -2.18. The highest BCUT2D eigenvalue weighted by atomic mass is 79.9. The smallest absolute Gasteiger partial charge is 0.258 e. The van der Waals surface area contributed by atoms with Gasteiger partial charge < -0.3 is 14.8 Å². The van der Waals surface area contributed by atoms with Gasteiger partial charge in [0.2, 0.25) is 0 Å². The molecule has 5 heteroatoms. The Morgan fingerprint density at radius 2 is 1.91 bits per heavy atom. The number of nitrogens with one attached hydrogen (secondary N) is 1. The maximum Gasteiger partial charge on any atom is 0.258 e. The highest BCUT2D eigenvalue weighted by Gasteiger charge is 2.13. The van der Waals surface area contributed by atoms with Crippen molar-refractivity contribution >= 4 is 21.8 Å². The van der Waals surface area contributed by atoms with Gasteiger partial charge in [0.15, 0.2) is 6.61 Å². The van der Waals surface area contributed by atoms with E-state index in [1.54, 1.807) is 7.11 Å². The number of halogens is 1.